The molecule has 0 radical (unpaired) electrons. The summed E-state index contributed by atoms with van der Waals surface area (Å²) < 4.78 is 21.6. The van der Waals surface area contributed by atoms with E-state index in [4.69, 9.17) is 24.7 Å². The minimum absolute atomic E-state index is 0.188. The Kier molecular flexibility index (Phi) is 3.51. The molecule has 24 heavy (non-hydrogen) atoms. The average Bonchev–Trinajstić information content (AvgIpc) is 3.27. The molecule has 2 aromatic carbocycles. The van der Waals surface area contributed by atoms with Gasteiger partial charge in [0.1, 0.15) is 5.60 Å². The van der Waals surface area contributed by atoms with Crippen LogP contribution >= 0.6 is 0 Å². The Bertz CT molecular complexity index is 718. The highest BCUT2D eigenvalue weighted by Gasteiger charge is 2.39. The van der Waals surface area contributed by atoms with Gasteiger partial charge in [-0.05, 0) is 41.9 Å². The first kappa shape index (κ1) is 15.1. The van der Waals surface area contributed by atoms with E-state index in [1.165, 1.54) is 0 Å². The maximum Gasteiger partial charge on any atom is 0.231 e. The average molecular weight is 329 g/mol. The van der Waals surface area contributed by atoms with Crippen molar-refractivity contribution < 1.29 is 24.1 Å². The van der Waals surface area contributed by atoms with Gasteiger partial charge in [-0.25, -0.2) is 0 Å². The van der Waals surface area contributed by atoms with Crippen LogP contribution in [0.15, 0.2) is 36.4 Å². The molecule has 2 aliphatic heterocycles. The quantitative estimate of drug-likeness (QED) is 0.892. The first-order chi connectivity index (χ1) is 11.6. The molecule has 126 valence electrons. The van der Waals surface area contributed by atoms with Gasteiger partial charge < -0.3 is 29.8 Å². The van der Waals surface area contributed by atoms with Crippen molar-refractivity contribution in [2.45, 2.75) is 12.5 Å². The highest BCUT2D eigenvalue weighted by atomic mass is 16.7. The molecule has 0 aromatic heterocycles. The molecular weight excluding hydrogens is 310 g/mol. The normalized spacial score (nSPS) is 16.3. The highest BCUT2D eigenvalue weighted by Crippen LogP contribution is 2.44. The van der Waals surface area contributed by atoms with E-state index in [0.717, 1.165) is 0 Å². The molecule has 3 N–H and O–H groups in total. The first-order valence-electron chi connectivity index (χ1n) is 7.85. The number of benzene rings is 2. The summed E-state index contributed by atoms with van der Waals surface area (Å²) in [5, 5.41) is 11.6. The molecule has 0 saturated carbocycles. The number of nitrogens with two attached hydrogens (primary N) is 1. The predicted octanol–water partition coefficient (Wildman–Crippen LogP) is 1.97. The zero-order valence-electron chi connectivity index (χ0n) is 13.3. The molecule has 0 fully saturated rings. The van der Waals surface area contributed by atoms with Gasteiger partial charge in [-0.3, -0.25) is 0 Å². The summed E-state index contributed by atoms with van der Waals surface area (Å²) in [7, 11) is 0. The van der Waals surface area contributed by atoms with Crippen LogP contribution < -0.4 is 24.7 Å². The summed E-state index contributed by atoms with van der Waals surface area (Å²) in [4.78, 5) is 0. The molecule has 1 atom stereocenters. The summed E-state index contributed by atoms with van der Waals surface area (Å²) in [5.74, 6) is 2.37. The zero-order chi connectivity index (χ0) is 16.7. The number of ether oxygens (including phenoxy) is 4. The lowest BCUT2D eigenvalue weighted by atomic mass is 9.76. The standard InChI is InChI=1S/C18H19NO5/c1-11(8-19)18(20,12-2-4-14-16(6-12)23-9-21-14)13-3-5-15-17(7-13)24-10-22-15/h2-7,11,20H,8-10,19H2,1H3. The molecule has 4 rings (SSSR count). The minimum Gasteiger partial charge on any atom is -0.454 e. The Morgan fingerprint density at radius 3 is 1.83 bits per heavy atom. The number of aliphatic hydroxyl groups is 1. The molecule has 0 amide bonds. The fourth-order valence-corrected chi connectivity index (χ4v) is 3.17. The fraction of sp³-hybridized carbons (Fsp3) is 0.333. The third-order valence-corrected chi connectivity index (χ3v) is 4.69. The van der Waals surface area contributed by atoms with Crippen molar-refractivity contribution >= 4 is 0 Å². The first-order valence-corrected chi connectivity index (χ1v) is 7.85. The van der Waals surface area contributed by atoms with E-state index < -0.39 is 5.60 Å². The van der Waals surface area contributed by atoms with E-state index in [1.54, 1.807) is 24.3 Å². The van der Waals surface area contributed by atoms with E-state index in [2.05, 4.69) is 0 Å². The van der Waals surface area contributed by atoms with Gasteiger partial charge in [0.15, 0.2) is 23.0 Å². The Morgan fingerprint density at radius 1 is 0.917 bits per heavy atom. The van der Waals surface area contributed by atoms with E-state index in [9.17, 15) is 5.11 Å². The smallest absolute Gasteiger partial charge is 0.231 e. The lowest BCUT2D eigenvalue weighted by Gasteiger charge is -2.35. The summed E-state index contributed by atoms with van der Waals surface area (Å²) in [6.45, 7) is 2.61. The van der Waals surface area contributed by atoms with Crippen molar-refractivity contribution in [3.8, 4) is 23.0 Å². The molecule has 0 aliphatic carbocycles. The van der Waals surface area contributed by atoms with E-state index in [1.807, 2.05) is 19.1 Å². The topological polar surface area (TPSA) is 83.2 Å². The number of hydrogen-bond acceptors (Lipinski definition) is 6. The summed E-state index contributed by atoms with van der Waals surface area (Å²) >= 11 is 0. The van der Waals surface area contributed by atoms with Gasteiger partial charge in [0, 0.05) is 5.92 Å². The monoisotopic (exact) mass is 329 g/mol. The van der Waals surface area contributed by atoms with Crippen LogP contribution in [0.25, 0.3) is 0 Å². The summed E-state index contributed by atoms with van der Waals surface area (Å²) in [6.07, 6.45) is 0. The Hall–Kier alpha value is -2.44. The van der Waals surface area contributed by atoms with Crippen LogP contribution in [-0.2, 0) is 5.60 Å². The molecule has 0 spiro atoms. The van der Waals surface area contributed by atoms with Gasteiger partial charge in [-0.2, -0.15) is 0 Å². The molecule has 6 heteroatoms. The van der Waals surface area contributed by atoms with Crippen molar-refractivity contribution in [1.82, 2.24) is 0 Å². The number of fused-ring (bicyclic) bond motifs is 2. The van der Waals surface area contributed by atoms with Gasteiger partial charge in [0.2, 0.25) is 13.6 Å². The van der Waals surface area contributed by atoms with Crippen LogP contribution in [0, 0.1) is 5.92 Å². The fourth-order valence-electron chi connectivity index (χ4n) is 3.17. The SMILES string of the molecule is CC(CN)C(O)(c1ccc2c(c1)OCO2)c1ccc2c(c1)OCO2. The third kappa shape index (κ3) is 2.18. The largest absolute Gasteiger partial charge is 0.454 e. The second-order valence-electron chi connectivity index (χ2n) is 6.04. The van der Waals surface area contributed by atoms with Crippen molar-refractivity contribution in [3.63, 3.8) is 0 Å². The number of rotatable bonds is 4. The molecule has 2 aromatic rings. The van der Waals surface area contributed by atoms with E-state index in [-0.39, 0.29) is 19.5 Å². The molecule has 2 heterocycles. The molecular formula is C18H19NO5. The summed E-state index contributed by atoms with van der Waals surface area (Å²) in [6, 6.07) is 10.9. The van der Waals surface area contributed by atoms with Gasteiger partial charge in [0.05, 0.1) is 0 Å². The molecule has 2 aliphatic rings. The van der Waals surface area contributed by atoms with Gasteiger partial charge in [0.25, 0.3) is 0 Å². The van der Waals surface area contributed by atoms with Crippen molar-refractivity contribution in [3.05, 3.63) is 47.5 Å². The van der Waals surface area contributed by atoms with Crippen LogP contribution in [0.1, 0.15) is 18.1 Å². The van der Waals surface area contributed by atoms with Gasteiger partial charge in [-0.1, -0.05) is 19.1 Å². The molecule has 1 unspecified atom stereocenters. The number of hydrogen-bond donors (Lipinski definition) is 2. The van der Waals surface area contributed by atoms with Gasteiger partial charge >= 0.3 is 0 Å². The van der Waals surface area contributed by atoms with Crippen molar-refractivity contribution in [1.29, 1.82) is 0 Å². The Labute approximate surface area is 139 Å². The van der Waals surface area contributed by atoms with E-state index in [0.29, 0.717) is 40.7 Å². The maximum atomic E-state index is 11.6. The lowest BCUT2D eigenvalue weighted by molar-refractivity contribution is 0.0273. The minimum atomic E-state index is -1.28. The third-order valence-electron chi connectivity index (χ3n) is 4.69. The lowest BCUT2D eigenvalue weighted by Crippen LogP contribution is -2.38. The molecule has 0 saturated heterocycles. The second kappa shape index (κ2) is 5.58. The van der Waals surface area contributed by atoms with Gasteiger partial charge in [-0.15, -0.1) is 0 Å². The van der Waals surface area contributed by atoms with Crippen LogP contribution in [0.4, 0.5) is 0 Å². The van der Waals surface area contributed by atoms with Crippen LogP contribution in [0.2, 0.25) is 0 Å². The molecule has 6 nitrogen and oxygen atoms in total. The second-order valence-corrected chi connectivity index (χ2v) is 6.04. The Balaban J connectivity index is 1.83. The Morgan fingerprint density at radius 2 is 1.38 bits per heavy atom. The maximum absolute atomic E-state index is 11.6. The van der Waals surface area contributed by atoms with Crippen LogP contribution in [-0.4, -0.2) is 25.2 Å². The van der Waals surface area contributed by atoms with E-state index >= 15 is 0 Å². The van der Waals surface area contributed by atoms with Crippen molar-refractivity contribution in [2.75, 3.05) is 20.1 Å². The summed E-state index contributed by atoms with van der Waals surface area (Å²) in [5.41, 5.74) is 6.00. The van der Waals surface area contributed by atoms with Crippen LogP contribution in [0.3, 0.4) is 0 Å². The highest BCUT2D eigenvalue weighted by molar-refractivity contribution is 5.52. The predicted molar refractivity (Wildman–Crippen MR) is 86.3 cm³/mol. The van der Waals surface area contributed by atoms with Crippen molar-refractivity contribution in [2.24, 2.45) is 11.7 Å². The van der Waals surface area contributed by atoms with Crippen LogP contribution in [0.5, 0.6) is 23.0 Å². The zero-order valence-corrected chi connectivity index (χ0v) is 13.3. The molecule has 0 bridgehead atoms.